The first-order valence-electron chi connectivity index (χ1n) is 6.29. The van der Waals surface area contributed by atoms with Crippen LogP contribution in [-0.2, 0) is 6.42 Å². The molecule has 98 valence electrons. The molecule has 2 rings (SSSR count). The van der Waals surface area contributed by atoms with Crippen molar-refractivity contribution in [2.45, 2.75) is 32.7 Å². The molecule has 0 amide bonds. The van der Waals surface area contributed by atoms with Gasteiger partial charge in [-0.15, -0.1) is 11.3 Å². The van der Waals surface area contributed by atoms with E-state index < -0.39 is 0 Å². The number of thiophene rings is 2. The average Bonchev–Trinajstić information content (AvgIpc) is 3.00. The number of hydrogen-bond donors (Lipinski definition) is 1. The minimum absolute atomic E-state index is 0.330. The summed E-state index contributed by atoms with van der Waals surface area (Å²) in [5.41, 5.74) is 1.36. The molecule has 0 radical (unpaired) electrons. The fraction of sp³-hybridized carbons (Fsp3) is 0.429. The summed E-state index contributed by atoms with van der Waals surface area (Å²) in [5.74, 6) is 0. The maximum Gasteiger partial charge on any atom is 0.0690 e. The summed E-state index contributed by atoms with van der Waals surface area (Å²) >= 11 is 7.33. The average molecular weight is 344 g/mol. The molecule has 0 saturated heterocycles. The second-order valence-corrected chi connectivity index (χ2v) is 7.02. The maximum atomic E-state index is 3.66. The van der Waals surface area contributed by atoms with Crippen LogP contribution in [0.25, 0.3) is 0 Å². The van der Waals surface area contributed by atoms with E-state index in [1.807, 2.05) is 11.3 Å². The third-order valence-electron chi connectivity index (χ3n) is 2.87. The molecule has 18 heavy (non-hydrogen) atoms. The van der Waals surface area contributed by atoms with Gasteiger partial charge in [0.1, 0.15) is 0 Å². The monoisotopic (exact) mass is 343 g/mol. The van der Waals surface area contributed by atoms with Crippen molar-refractivity contribution in [2.75, 3.05) is 6.54 Å². The molecular weight excluding hydrogens is 326 g/mol. The Morgan fingerprint density at radius 3 is 2.67 bits per heavy atom. The van der Waals surface area contributed by atoms with Gasteiger partial charge in [-0.05, 0) is 58.4 Å². The SMILES string of the molecule is CCCNC(c1ccc(CC)s1)c1cscc1Br. The molecule has 1 N–H and O–H groups in total. The van der Waals surface area contributed by atoms with E-state index in [0.29, 0.717) is 6.04 Å². The van der Waals surface area contributed by atoms with Crippen LogP contribution in [0, 0.1) is 0 Å². The first-order valence-corrected chi connectivity index (χ1v) is 8.85. The number of halogens is 1. The minimum atomic E-state index is 0.330. The Kier molecular flexibility index (Phi) is 5.42. The minimum Gasteiger partial charge on any atom is -0.306 e. The first-order chi connectivity index (χ1) is 8.76. The molecule has 1 atom stereocenters. The molecule has 2 aromatic heterocycles. The third-order valence-corrected chi connectivity index (χ3v) is 5.91. The van der Waals surface area contributed by atoms with Crippen LogP contribution in [0.1, 0.15) is 41.6 Å². The zero-order chi connectivity index (χ0) is 13.0. The largest absolute Gasteiger partial charge is 0.306 e. The Bertz CT molecular complexity index is 489. The van der Waals surface area contributed by atoms with Gasteiger partial charge in [-0.1, -0.05) is 13.8 Å². The van der Waals surface area contributed by atoms with Crippen LogP contribution in [0.2, 0.25) is 0 Å². The Labute approximate surface area is 125 Å². The molecule has 0 bridgehead atoms. The van der Waals surface area contributed by atoms with Gasteiger partial charge in [0.25, 0.3) is 0 Å². The van der Waals surface area contributed by atoms with Crippen molar-refractivity contribution >= 4 is 38.6 Å². The zero-order valence-electron chi connectivity index (χ0n) is 10.7. The molecule has 2 heterocycles. The highest BCUT2D eigenvalue weighted by Gasteiger charge is 2.18. The van der Waals surface area contributed by atoms with Gasteiger partial charge in [0.15, 0.2) is 0 Å². The second kappa shape index (κ2) is 6.85. The molecule has 2 aromatic rings. The lowest BCUT2D eigenvalue weighted by molar-refractivity contribution is 0.606. The number of rotatable bonds is 6. The number of aryl methyl sites for hydroxylation is 1. The van der Waals surface area contributed by atoms with Crippen LogP contribution in [-0.4, -0.2) is 6.54 Å². The zero-order valence-corrected chi connectivity index (χ0v) is 13.9. The van der Waals surface area contributed by atoms with E-state index in [-0.39, 0.29) is 0 Å². The van der Waals surface area contributed by atoms with E-state index in [4.69, 9.17) is 0 Å². The Hall–Kier alpha value is -0.160. The Morgan fingerprint density at radius 2 is 2.11 bits per heavy atom. The van der Waals surface area contributed by atoms with E-state index in [2.05, 4.69) is 58.0 Å². The van der Waals surface area contributed by atoms with Crippen molar-refractivity contribution in [3.8, 4) is 0 Å². The molecule has 1 unspecified atom stereocenters. The number of nitrogens with one attached hydrogen (secondary N) is 1. The van der Waals surface area contributed by atoms with Gasteiger partial charge in [-0.25, -0.2) is 0 Å². The van der Waals surface area contributed by atoms with E-state index in [1.54, 1.807) is 11.3 Å². The van der Waals surface area contributed by atoms with E-state index in [0.717, 1.165) is 19.4 Å². The molecule has 0 aliphatic carbocycles. The molecule has 4 heteroatoms. The molecular formula is C14H18BrNS2. The summed E-state index contributed by atoms with van der Waals surface area (Å²) in [5, 5.41) is 8.05. The van der Waals surface area contributed by atoms with Crippen LogP contribution in [0.15, 0.2) is 27.4 Å². The van der Waals surface area contributed by atoms with E-state index in [9.17, 15) is 0 Å². The quantitative estimate of drug-likeness (QED) is 0.757. The van der Waals surface area contributed by atoms with Crippen molar-refractivity contribution in [3.63, 3.8) is 0 Å². The lowest BCUT2D eigenvalue weighted by Crippen LogP contribution is -2.22. The molecule has 0 saturated carbocycles. The lowest BCUT2D eigenvalue weighted by Gasteiger charge is -2.17. The lowest BCUT2D eigenvalue weighted by atomic mass is 10.1. The van der Waals surface area contributed by atoms with Crippen LogP contribution in [0.5, 0.6) is 0 Å². The summed E-state index contributed by atoms with van der Waals surface area (Å²) < 4.78 is 1.22. The van der Waals surface area contributed by atoms with Gasteiger partial charge in [-0.3, -0.25) is 0 Å². The predicted molar refractivity (Wildman–Crippen MR) is 85.9 cm³/mol. The van der Waals surface area contributed by atoms with Crippen LogP contribution in [0.4, 0.5) is 0 Å². The standard InChI is InChI=1S/C14H18BrNS2/c1-3-7-16-14(11-8-17-9-12(11)15)13-6-5-10(4-2)18-13/h5-6,8-9,14,16H,3-4,7H2,1-2H3. The van der Waals surface area contributed by atoms with Gasteiger partial charge < -0.3 is 5.32 Å². The van der Waals surface area contributed by atoms with Crippen LogP contribution in [0.3, 0.4) is 0 Å². The highest BCUT2D eigenvalue weighted by atomic mass is 79.9. The van der Waals surface area contributed by atoms with Crippen molar-refractivity contribution < 1.29 is 0 Å². The van der Waals surface area contributed by atoms with Gasteiger partial charge in [0.05, 0.1) is 6.04 Å². The summed E-state index contributed by atoms with van der Waals surface area (Å²) in [6.45, 7) is 5.47. The van der Waals surface area contributed by atoms with Crippen LogP contribution >= 0.6 is 38.6 Å². The summed E-state index contributed by atoms with van der Waals surface area (Å²) in [4.78, 5) is 2.87. The predicted octanol–water partition coefficient (Wildman–Crippen LogP) is 5.22. The fourth-order valence-electron chi connectivity index (χ4n) is 1.89. The van der Waals surface area contributed by atoms with Gasteiger partial charge in [0.2, 0.25) is 0 Å². The van der Waals surface area contributed by atoms with Crippen molar-refractivity contribution in [1.82, 2.24) is 5.32 Å². The smallest absolute Gasteiger partial charge is 0.0690 e. The fourth-order valence-corrected chi connectivity index (χ4v) is 4.49. The van der Waals surface area contributed by atoms with Gasteiger partial charge >= 0.3 is 0 Å². The van der Waals surface area contributed by atoms with Gasteiger partial charge in [0, 0.05) is 19.6 Å². The summed E-state index contributed by atoms with van der Waals surface area (Å²) in [7, 11) is 0. The maximum absolute atomic E-state index is 3.66. The van der Waals surface area contributed by atoms with Crippen molar-refractivity contribution in [1.29, 1.82) is 0 Å². The Morgan fingerprint density at radius 1 is 1.28 bits per heavy atom. The molecule has 0 aliphatic heterocycles. The van der Waals surface area contributed by atoms with Gasteiger partial charge in [-0.2, -0.15) is 11.3 Å². The molecule has 0 fully saturated rings. The first kappa shape index (κ1) is 14.3. The third kappa shape index (κ3) is 3.23. The highest BCUT2D eigenvalue weighted by molar-refractivity contribution is 9.10. The highest BCUT2D eigenvalue weighted by Crippen LogP contribution is 2.34. The van der Waals surface area contributed by atoms with Crippen LogP contribution < -0.4 is 5.32 Å². The molecule has 0 aliphatic rings. The van der Waals surface area contributed by atoms with Crippen molar-refractivity contribution in [3.05, 3.63) is 42.7 Å². The molecule has 0 aromatic carbocycles. The normalized spacial score (nSPS) is 12.8. The van der Waals surface area contributed by atoms with E-state index >= 15 is 0 Å². The molecule has 1 nitrogen and oxygen atoms in total. The second-order valence-electron chi connectivity index (χ2n) is 4.22. The van der Waals surface area contributed by atoms with E-state index in [1.165, 1.54) is 19.8 Å². The summed E-state index contributed by atoms with van der Waals surface area (Å²) in [6.07, 6.45) is 2.28. The molecule has 0 spiro atoms. The summed E-state index contributed by atoms with van der Waals surface area (Å²) in [6, 6.07) is 4.85. The Balaban J connectivity index is 2.27. The topological polar surface area (TPSA) is 12.0 Å². The van der Waals surface area contributed by atoms with Crippen molar-refractivity contribution in [2.24, 2.45) is 0 Å². The number of hydrogen-bond acceptors (Lipinski definition) is 3.